The molecule has 1 amide bonds. The summed E-state index contributed by atoms with van der Waals surface area (Å²) in [6, 6.07) is 17.3. The zero-order valence-corrected chi connectivity index (χ0v) is 15.4. The van der Waals surface area contributed by atoms with E-state index in [-0.39, 0.29) is 11.9 Å². The first-order valence-electron chi connectivity index (χ1n) is 9.04. The van der Waals surface area contributed by atoms with Gasteiger partial charge in [0.15, 0.2) is 6.04 Å². The van der Waals surface area contributed by atoms with Crippen molar-refractivity contribution in [1.82, 2.24) is 0 Å². The second-order valence-electron chi connectivity index (χ2n) is 6.22. The lowest BCUT2D eigenvalue weighted by Gasteiger charge is -2.27. The molecule has 0 radical (unpaired) electrons. The molecular formula is C21H29N2O2+. The van der Waals surface area contributed by atoms with Gasteiger partial charge < -0.3 is 15.0 Å². The molecule has 4 heteroatoms. The van der Waals surface area contributed by atoms with Gasteiger partial charge >= 0.3 is 0 Å². The van der Waals surface area contributed by atoms with E-state index in [1.165, 1.54) is 4.90 Å². The Bertz CT molecular complexity index is 652. The summed E-state index contributed by atoms with van der Waals surface area (Å²) in [7, 11) is 1.63. The number of hydrogen-bond donors (Lipinski definition) is 2. The summed E-state index contributed by atoms with van der Waals surface area (Å²) in [5.74, 6) is 0.761. The molecule has 2 aromatic carbocycles. The predicted molar refractivity (Wildman–Crippen MR) is 102 cm³/mol. The van der Waals surface area contributed by atoms with Crippen LogP contribution in [0.25, 0.3) is 0 Å². The minimum atomic E-state index is -0.215. The average Bonchev–Trinajstić information content (AvgIpc) is 2.63. The Morgan fingerprint density at radius 1 is 1.04 bits per heavy atom. The van der Waals surface area contributed by atoms with Gasteiger partial charge in [0, 0.05) is 17.3 Å². The van der Waals surface area contributed by atoms with Crippen molar-refractivity contribution in [3.63, 3.8) is 0 Å². The number of hydrogen-bond acceptors (Lipinski definition) is 2. The number of nitrogens with one attached hydrogen (secondary N) is 2. The molecule has 0 saturated carbocycles. The van der Waals surface area contributed by atoms with E-state index < -0.39 is 0 Å². The third kappa shape index (κ3) is 5.33. The van der Waals surface area contributed by atoms with Gasteiger partial charge in [0.05, 0.1) is 20.2 Å². The Kier molecular flexibility index (Phi) is 7.48. The fourth-order valence-corrected chi connectivity index (χ4v) is 3.19. The van der Waals surface area contributed by atoms with Gasteiger partial charge in [-0.1, -0.05) is 50.2 Å². The summed E-state index contributed by atoms with van der Waals surface area (Å²) >= 11 is 0. The summed E-state index contributed by atoms with van der Waals surface area (Å²) in [5, 5.41) is 3.07. The number of quaternary nitrogens is 1. The largest absolute Gasteiger partial charge is 0.497 e. The van der Waals surface area contributed by atoms with Crippen molar-refractivity contribution >= 4 is 11.6 Å². The van der Waals surface area contributed by atoms with Crippen molar-refractivity contribution in [2.75, 3.05) is 25.5 Å². The van der Waals surface area contributed by atoms with Crippen molar-refractivity contribution in [2.24, 2.45) is 0 Å². The summed E-state index contributed by atoms with van der Waals surface area (Å²) < 4.78 is 5.25. The summed E-state index contributed by atoms with van der Waals surface area (Å²) in [5.41, 5.74) is 1.82. The second-order valence-corrected chi connectivity index (χ2v) is 6.22. The highest BCUT2D eigenvalue weighted by molar-refractivity contribution is 5.94. The predicted octanol–water partition coefficient (Wildman–Crippen LogP) is 3.08. The monoisotopic (exact) mass is 341 g/mol. The molecule has 0 bridgehead atoms. The Morgan fingerprint density at radius 2 is 1.72 bits per heavy atom. The number of methoxy groups -OCH3 is 1. The van der Waals surface area contributed by atoms with Gasteiger partial charge in [-0.3, -0.25) is 4.79 Å². The van der Waals surface area contributed by atoms with Crippen LogP contribution in [0.4, 0.5) is 5.69 Å². The van der Waals surface area contributed by atoms with Crippen LogP contribution in [-0.2, 0) is 4.79 Å². The lowest BCUT2D eigenvalue weighted by atomic mass is 10.0. The number of ether oxygens (including phenoxy) is 1. The number of anilines is 1. The van der Waals surface area contributed by atoms with Crippen LogP contribution in [0.3, 0.4) is 0 Å². The molecule has 0 aliphatic carbocycles. The highest BCUT2D eigenvalue weighted by Crippen LogP contribution is 2.19. The van der Waals surface area contributed by atoms with E-state index in [4.69, 9.17) is 4.74 Å². The first-order chi connectivity index (χ1) is 12.2. The molecule has 0 saturated heterocycles. The molecule has 4 nitrogen and oxygen atoms in total. The van der Waals surface area contributed by atoms with Gasteiger partial charge in [-0.25, -0.2) is 0 Å². The molecule has 0 fully saturated rings. The summed E-state index contributed by atoms with van der Waals surface area (Å²) in [4.78, 5) is 14.4. The number of carbonyl (C=O) groups excluding carboxylic acids is 1. The Morgan fingerprint density at radius 3 is 2.32 bits per heavy atom. The van der Waals surface area contributed by atoms with Crippen molar-refractivity contribution < 1.29 is 14.4 Å². The zero-order valence-electron chi connectivity index (χ0n) is 15.4. The normalized spacial score (nSPS) is 12.0. The second kappa shape index (κ2) is 9.84. The molecule has 134 valence electrons. The van der Waals surface area contributed by atoms with E-state index in [0.29, 0.717) is 0 Å². The summed E-state index contributed by atoms with van der Waals surface area (Å²) in [6.45, 7) is 6.27. The van der Waals surface area contributed by atoms with Crippen LogP contribution >= 0.6 is 0 Å². The average molecular weight is 341 g/mol. The smallest absolute Gasteiger partial charge is 0.287 e. The van der Waals surface area contributed by atoms with Crippen LogP contribution in [0, 0.1) is 0 Å². The molecule has 1 atom stereocenters. The Hall–Kier alpha value is -2.33. The standard InChI is InChI=1S/C21H28N2O2/c1-4-14-23(15-5-2)20(17-10-7-6-8-11-17)21(24)22-18-12-9-13-19(16-18)25-3/h6-13,16,20H,4-5,14-15H2,1-3H3,(H,22,24)/p+1/t20-/m0/s1. The molecule has 0 heterocycles. The maximum Gasteiger partial charge on any atom is 0.287 e. The minimum Gasteiger partial charge on any atom is -0.497 e. The van der Waals surface area contributed by atoms with Crippen LogP contribution in [0.2, 0.25) is 0 Å². The van der Waals surface area contributed by atoms with E-state index in [9.17, 15) is 4.79 Å². The van der Waals surface area contributed by atoms with E-state index in [1.54, 1.807) is 7.11 Å². The highest BCUT2D eigenvalue weighted by atomic mass is 16.5. The maximum atomic E-state index is 13.1. The van der Waals surface area contributed by atoms with Crippen molar-refractivity contribution in [3.05, 3.63) is 60.2 Å². The van der Waals surface area contributed by atoms with Gasteiger partial charge in [-0.2, -0.15) is 0 Å². The number of amides is 1. The van der Waals surface area contributed by atoms with Crippen molar-refractivity contribution in [2.45, 2.75) is 32.7 Å². The van der Waals surface area contributed by atoms with E-state index in [2.05, 4.69) is 19.2 Å². The van der Waals surface area contributed by atoms with E-state index in [1.807, 2.05) is 54.6 Å². The van der Waals surface area contributed by atoms with Gasteiger partial charge in [-0.15, -0.1) is 0 Å². The van der Waals surface area contributed by atoms with Crippen LogP contribution < -0.4 is 15.0 Å². The molecular weight excluding hydrogens is 312 g/mol. The van der Waals surface area contributed by atoms with Crippen molar-refractivity contribution in [1.29, 1.82) is 0 Å². The fourth-order valence-electron chi connectivity index (χ4n) is 3.19. The molecule has 0 aliphatic rings. The number of carbonyl (C=O) groups is 1. The molecule has 0 aromatic heterocycles. The third-order valence-corrected chi connectivity index (χ3v) is 4.28. The van der Waals surface area contributed by atoms with Crippen LogP contribution in [0.1, 0.15) is 38.3 Å². The van der Waals surface area contributed by atoms with Crippen molar-refractivity contribution in [3.8, 4) is 5.75 Å². The Labute approximate surface area is 150 Å². The molecule has 0 aliphatic heterocycles. The fraction of sp³-hybridized carbons (Fsp3) is 0.381. The maximum absolute atomic E-state index is 13.1. The molecule has 0 spiro atoms. The van der Waals surface area contributed by atoms with Gasteiger partial charge in [0.25, 0.3) is 5.91 Å². The van der Waals surface area contributed by atoms with Gasteiger partial charge in [-0.05, 0) is 25.0 Å². The van der Waals surface area contributed by atoms with E-state index >= 15 is 0 Å². The Balaban J connectivity index is 2.28. The SMILES string of the molecule is CCC[NH+](CCC)[C@H](C(=O)Nc1cccc(OC)c1)c1ccccc1. The summed E-state index contributed by atoms with van der Waals surface area (Å²) in [6.07, 6.45) is 2.09. The number of benzene rings is 2. The molecule has 0 unspecified atom stereocenters. The van der Waals surface area contributed by atoms with Crippen LogP contribution in [0.15, 0.2) is 54.6 Å². The lowest BCUT2D eigenvalue weighted by Crippen LogP contribution is -3.13. The molecule has 2 N–H and O–H groups in total. The molecule has 2 rings (SSSR count). The quantitative estimate of drug-likeness (QED) is 0.736. The van der Waals surface area contributed by atoms with Gasteiger partial charge in [0.2, 0.25) is 0 Å². The molecule has 25 heavy (non-hydrogen) atoms. The zero-order chi connectivity index (χ0) is 18.1. The highest BCUT2D eigenvalue weighted by Gasteiger charge is 2.30. The molecule has 2 aromatic rings. The third-order valence-electron chi connectivity index (χ3n) is 4.28. The van der Waals surface area contributed by atoms with Crippen LogP contribution in [-0.4, -0.2) is 26.1 Å². The van der Waals surface area contributed by atoms with Gasteiger partial charge in [0.1, 0.15) is 5.75 Å². The topological polar surface area (TPSA) is 42.8 Å². The van der Waals surface area contributed by atoms with E-state index in [0.717, 1.165) is 42.9 Å². The first kappa shape index (κ1) is 19.0. The number of rotatable bonds is 9. The van der Waals surface area contributed by atoms with Crippen LogP contribution in [0.5, 0.6) is 5.75 Å². The minimum absolute atomic E-state index is 0.0244. The lowest BCUT2D eigenvalue weighted by molar-refractivity contribution is -0.922. The first-order valence-corrected chi connectivity index (χ1v) is 9.04.